The summed E-state index contributed by atoms with van der Waals surface area (Å²) in [4.78, 5) is 0. The molecule has 0 heteroatoms. The highest BCUT2D eigenvalue weighted by molar-refractivity contribution is 6.22. The van der Waals surface area contributed by atoms with Crippen LogP contribution in [0.25, 0.3) is 77.2 Å². The molecule has 0 saturated heterocycles. The summed E-state index contributed by atoms with van der Waals surface area (Å²) in [6.07, 6.45) is 0. The van der Waals surface area contributed by atoms with E-state index in [1.54, 1.807) is 0 Å². The third-order valence-corrected chi connectivity index (χ3v) is 10.3. The van der Waals surface area contributed by atoms with E-state index in [2.05, 4.69) is 184 Å². The van der Waals surface area contributed by atoms with E-state index >= 15 is 0 Å². The van der Waals surface area contributed by atoms with Crippen LogP contribution in [0.3, 0.4) is 0 Å². The van der Waals surface area contributed by atoms with Crippen molar-refractivity contribution >= 4 is 21.5 Å². The van der Waals surface area contributed by atoms with E-state index in [1.165, 1.54) is 88.3 Å². The largest absolute Gasteiger partial charge is 0.0622 e. The first-order valence-corrected chi connectivity index (χ1v) is 16.5. The Morgan fingerprint density at radius 3 is 1.30 bits per heavy atom. The second-order valence-electron chi connectivity index (χ2n) is 13.3. The summed E-state index contributed by atoms with van der Waals surface area (Å²) in [5.41, 5.74) is 15.5. The maximum absolute atomic E-state index is 2.44. The zero-order valence-corrected chi connectivity index (χ0v) is 26.7. The minimum absolute atomic E-state index is 0.0405. The molecule has 47 heavy (non-hydrogen) atoms. The fourth-order valence-electron chi connectivity index (χ4n) is 7.93. The van der Waals surface area contributed by atoms with E-state index in [4.69, 9.17) is 0 Å². The molecule has 8 aromatic rings. The Morgan fingerprint density at radius 2 is 0.723 bits per heavy atom. The van der Waals surface area contributed by atoms with Gasteiger partial charge < -0.3 is 0 Å². The monoisotopic (exact) mass is 598 g/mol. The van der Waals surface area contributed by atoms with E-state index in [-0.39, 0.29) is 5.41 Å². The first kappa shape index (κ1) is 27.6. The Balaban J connectivity index is 1.34. The summed E-state index contributed by atoms with van der Waals surface area (Å²) in [5, 5.41) is 5.08. The van der Waals surface area contributed by atoms with Crippen molar-refractivity contribution in [2.45, 2.75) is 19.3 Å². The van der Waals surface area contributed by atoms with Gasteiger partial charge in [-0.15, -0.1) is 0 Å². The molecule has 0 saturated carbocycles. The predicted molar refractivity (Wildman–Crippen MR) is 201 cm³/mol. The highest BCUT2D eigenvalue weighted by Gasteiger charge is 2.35. The van der Waals surface area contributed by atoms with Gasteiger partial charge in [-0.25, -0.2) is 0 Å². The van der Waals surface area contributed by atoms with E-state index in [0.29, 0.717) is 0 Å². The minimum atomic E-state index is -0.0405. The number of hydrogen-bond acceptors (Lipinski definition) is 0. The summed E-state index contributed by atoms with van der Waals surface area (Å²) >= 11 is 0. The molecule has 0 aromatic heterocycles. The van der Waals surface area contributed by atoms with E-state index in [9.17, 15) is 0 Å². The summed E-state index contributed by atoms with van der Waals surface area (Å²) in [6.45, 7) is 4.72. The van der Waals surface area contributed by atoms with Crippen molar-refractivity contribution < 1.29 is 0 Å². The van der Waals surface area contributed by atoms with Crippen molar-refractivity contribution in [3.8, 4) is 55.6 Å². The molecule has 0 amide bonds. The zero-order valence-electron chi connectivity index (χ0n) is 26.7. The molecule has 9 rings (SSSR count). The van der Waals surface area contributed by atoms with Gasteiger partial charge in [-0.1, -0.05) is 166 Å². The van der Waals surface area contributed by atoms with Crippen LogP contribution in [0.1, 0.15) is 25.0 Å². The molecule has 0 aliphatic heterocycles. The number of fused-ring (bicyclic) bond motifs is 5. The minimum Gasteiger partial charge on any atom is -0.0622 e. The molecule has 1 aliphatic carbocycles. The van der Waals surface area contributed by atoms with Crippen molar-refractivity contribution in [2.24, 2.45) is 0 Å². The van der Waals surface area contributed by atoms with Crippen molar-refractivity contribution in [3.63, 3.8) is 0 Å². The molecule has 0 spiro atoms. The maximum Gasteiger partial charge on any atom is 0.0159 e. The molecular formula is C47H34. The van der Waals surface area contributed by atoms with Crippen LogP contribution in [0.2, 0.25) is 0 Å². The average Bonchev–Trinajstić information content (AvgIpc) is 3.36. The Hall–Kier alpha value is -5.72. The van der Waals surface area contributed by atoms with Crippen molar-refractivity contribution in [2.75, 3.05) is 0 Å². The third kappa shape index (κ3) is 4.37. The van der Waals surface area contributed by atoms with Gasteiger partial charge in [0.15, 0.2) is 0 Å². The summed E-state index contributed by atoms with van der Waals surface area (Å²) in [5.74, 6) is 0. The second kappa shape index (κ2) is 10.7. The van der Waals surface area contributed by atoms with Crippen LogP contribution >= 0.6 is 0 Å². The van der Waals surface area contributed by atoms with Crippen LogP contribution in [0.5, 0.6) is 0 Å². The van der Waals surface area contributed by atoms with E-state index < -0.39 is 0 Å². The van der Waals surface area contributed by atoms with Crippen LogP contribution in [-0.2, 0) is 5.41 Å². The van der Waals surface area contributed by atoms with Gasteiger partial charge in [-0.05, 0) is 107 Å². The average molecular weight is 599 g/mol. The van der Waals surface area contributed by atoms with Crippen LogP contribution < -0.4 is 0 Å². The Morgan fingerprint density at radius 1 is 0.298 bits per heavy atom. The van der Waals surface area contributed by atoms with Gasteiger partial charge in [0.25, 0.3) is 0 Å². The smallest absolute Gasteiger partial charge is 0.0159 e. The van der Waals surface area contributed by atoms with E-state index in [1.807, 2.05) is 0 Å². The Bertz CT molecular complexity index is 2450. The highest BCUT2D eigenvalue weighted by Crippen LogP contribution is 2.50. The first-order chi connectivity index (χ1) is 23.1. The number of benzene rings is 8. The standard InChI is InChI=1S/C47H34/c1-47(2)43-21-13-12-20-37(43)38-25-22-36(30-44(38)47)35-24-27-40-42(29-35)46(33-18-10-5-11-19-33)39-26-23-34(31-14-6-3-7-15-31)28-41(39)45(40)32-16-8-4-9-17-32/h3-30H,1-2H3. The molecule has 1 aliphatic rings. The molecule has 222 valence electrons. The lowest BCUT2D eigenvalue weighted by Crippen LogP contribution is -2.14. The lowest BCUT2D eigenvalue weighted by Gasteiger charge is -2.22. The molecule has 8 aromatic carbocycles. The van der Waals surface area contributed by atoms with Gasteiger partial charge in [0, 0.05) is 5.41 Å². The van der Waals surface area contributed by atoms with Crippen molar-refractivity contribution in [1.29, 1.82) is 0 Å². The maximum atomic E-state index is 2.44. The van der Waals surface area contributed by atoms with Gasteiger partial charge in [-0.3, -0.25) is 0 Å². The molecule has 0 N–H and O–H groups in total. The third-order valence-electron chi connectivity index (χ3n) is 10.3. The zero-order chi connectivity index (χ0) is 31.5. The van der Waals surface area contributed by atoms with Gasteiger partial charge in [-0.2, -0.15) is 0 Å². The molecule has 0 bridgehead atoms. The molecular weight excluding hydrogens is 565 g/mol. The Labute approximate surface area is 276 Å². The van der Waals surface area contributed by atoms with Crippen molar-refractivity contribution in [3.05, 3.63) is 181 Å². The summed E-state index contributed by atoms with van der Waals surface area (Å²) < 4.78 is 0. The first-order valence-electron chi connectivity index (χ1n) is 16.5. The van der Waals surface area contributed by atoms with Gasteiger partial charge in [0.05, 0.1) is 0 Å². The number of rotatable bonds is 4. The summed E-state index contributed by atoms with van der Waals surface area (Å²) in [7, 11) is 0. The molecule has 0 unspecified atom stereocenters. The summed E-state index contributed by atoms with van der Waals surface area (Å²) in [6, 6.07) is 62.7. The quantitative estimate of drug-likeness (QED) is 0.177. The topological polar surface area (TPSA) is 0 Å². The normalized spacial score (nSPS) is 13.1. The molecule has 0 fully saturated rings. The van der Waals surface area contributed by atoms with Gasteiger partial charge in [0.1, 0.15) is 0 Å². The predicted octanol–water partition coefficient (Wildman–Crippen LogP) is 13.0. The van der Waals surface area contributed by atoms with Crippen LogP contribution in [-0.4, -0.2) is 0 Å². The van der Waals surface area contributed by atoms with E-state index in [0.717, 1.165) is 0 Å². The van der Waals surface area contributed by atoms with Gasteiger partial charge in [0.2, 0.25) is 0 Å². The van der Waals surface area contributed by atoms with Gasteiger partial charge >= 0.3 is 0 Å². The highest BCUT2D eigenvalue weighted by atomic mass is 14.4. The molecule has 0 radical (unpaired) electrons. The van der Waals surface area contributed by atoms with Crippen LogP contribution in [0, 0.1) is 0 Å². The second-order valence-corrected chi connectivity index (χ2v) is 13.3. The fourth-order valence-corrected chi connectivity index (χ4v) is 7.93. The lowest BCUT2D eigenvalue weighted by molar-refractivity contribution is 0.660. The fraction of sp³-hybridized carbons (Fsp3) is 0.0638. The molecule has 0 nitrogen and oxygen atoms in total. The lowest BCUT2D eigenvalue weighted by atomic mass is 9.81. The van der Waals surface area contributed by atoms with Crippen LogP contribution in [0.15, 0.2) is 170 Å². The Kier molecular flexibility index (Phi) is 6.27. The van der Waals surface area contributed by atoms with Crippen LogP contribution in [0.4, 0.5) is 0 Å². The SMILES string of the molecule is CC1(C)c2ccccc2-c2ccc(-c3ccc4c(-c5ccccc5)c5cc(-c6ccccc6)ccc5c(-c5ccccc5)c4c3)cc21. The molecule has 0 heterocycles. The number of hydrogen-bond donors (Lipinski definition) is 0. The van der Waals surface area contributed by atoms with Crippen molar-refractivity contribution in [1.82, 2.24) is 0 Å². The molecule has 0 atom stereocenters.